The Balaban J connectivity index is 2.36. The number of benzene rings is 1. The van der Waals surface area contributed by atoms with Crippen LogP contribution in [0.3, 0.4) is 0 Å². The van der Waals surface area contributed by atoms with E-state index in [9.17, 15) is 4.79 Å². The van der Waals surface area contributed by atoms with Gasteiger partial charge in [0.25, 0.3) is 0 Å². The lowest BCUT2D eigenvalue weighted by Crippen LogP contribution is -2.24. The highest BCUT2D eigenvalue weighted by molar-refractivity contribution is 5.37. The molecule has 2 rings (SSSR count). The molecule has 1 aromatic heterocycles. The Kier molecular flexibility index (Phi) is 3.55. The van der Waals surface area contributed by atoms with Gasteiger partial charge in [0, 0.05) is 24.5 Å². The molecule has 4 heteroatoms. The van der Waals surface area contributed by atoms with E-state index < -0.39 is 0 Å². The second kappa shape index (κ2) is 5.12. The molecule has 96 valence electrons. The van der Waals surface area contributed by atoms with E-state index in [1.54, 1.807) is 16.2 Å². The molecule has 4 nitrogen and oxygen atoms in total. The van der Waals surface area contributed by atoms with Gasteiger partial charge in [0.05, 0.1) is 13.7 Å². The SMILES string of the molecule is CCn1ccn(Cc2cc(C)ccc2OC)c1=O. The van der Waals surface area contributed by atoms with Gasteiger partial charge in [-0.2, -0.15) is 0 Å². The molecule has 0 N–H and O–H groups in total. The second-order valence-corrected chi connectivity index (χ2v) is 4.31. The number of hydrogen-bond donors (Lipinski definition) is 0. The summed E-state index contributed by atoms with van der Waals surface area (Å²) < 4.78 is 8.70. The molecule has 0 saturated carbocycles. The molecule has 0 aliphatic carbocycles. The van der Waals surface area contributed by atoms with E-state index in [0.29, 0.717) is 13.1 Å². The molecule has 0 bridgehead atoms. The lowest BCUT2D eigenvalue weighted by atomic mass is 10.1. The van der Waals surface area contributed by atoms with Crippen molar-refractivity contribution in [3.05, 3.63) is 52.2 Å². The predicted octanol–water partition coefficient (Wildman–Crippen LogP) is 2.04. The zero-order valence-electron chi connectivity index (χ0n) is 11.0. The lowest BCUT2D eigenvalue weighted by Gasteiger charge is -2.09. The Morgan fingerprint density at radius 1 is 1.22 bits per heavy atom. The Bertz CT molecular complexity index is 596. The van der Waals surface area contributed by atoms with Gasteiger partial charge in [-0.25, -0.2) is 4.79 Å². The van der Waals surface area contributed by atoms with Crippen LogP contribution in [-0.2, 0) is 13.1 Å². The number of hydrogen-bond acceptors (Lipinski definition) is 2. The maximum absolute atomic E-state index is 12.0. The lowest BCUT2D eigenvalue weighted by molar-refractivity contribution is 0.408. The number of methoxy groups -OCH3 is 1. The molecule has 1 aromatic carbocycles. The molecule has 0 aliphatic rings. The normalized spacial score (nSPS) is 10.6. The number of rotatable bonds is 4. The maximum Gasteiger partial charge on any atom is 0.328 e. The van der Waals surface area contributed by atoms with Crippen LogP contribution >= 0.6 is 0 Å². The predicted molar refractivity (Wildman–Crippen MR) is 71.2 cm³/mol. The molecule has 0 amide bonds. The van der Waals surface area contributed by atoms with Crippen molar-refractivity contribution in [2.75, 3.05) is 7.11 Å². The topological polar surface area (TPSA) is 36.2 Å². The van der Waals surface area contributed by atoms with Gasteiger partial charge >= 0.3 is 5.69 Å². The molecule has 2 aromatic rings. The van der Waals surface area contributed by atoms with Crippen molar-refractivity contribution in [2.24, 2.45) is 0 Å². The summed E-state index contributed by atoms with van der Waals surface area (Å²) in [5.41, 5.74) is 2.20. The van der Waals surface area contributed by atoms with Gasteiger partial charge in [-0.1, -0.05) is 17.7 Å². The van der Waals surface area contributed by atoms with E-state index in [2.05, 4.69) is 6.07 Å². The van der Waals surface area contributed by atoms with E-state index in [-0.39, 0.29) is 5.69 Å². The van der Waals surface area contributed by atoms with Gasteiger partial charge in [0.15, 0.2) is 0 Å². The van der Waals surface area contributed by atoms with Crippen molar-refractivity contribution in [1.29, 1.82) is 0 Å². The molecule has 0 spiro atoms. The first-order chi connectivity index (χ1) is 8.65. The molecule has 1 heterocycles. The summed E-state index contributed by atoms with van der Waals surface area (Å²) in [6.07, 6.45) is 3.62. The van der Waals surface area contributed by atoms with Crippen LogP contribution in [-0.4, -0.2) is 16.2 Å². The highest BCUT2D eigenvalue weighted by Crippen LogP contribution is 2.20. The van der Waals surface area contributed by atoms with Crippen LogP contribution in [0, 0.1) is 6.92 Å². The van der Waals surface area contributed by atoms with Crippen LogP contribution in [0.25, 0.3) is 0 Å². The molecule has 18 heavy (non-hydrogen) atoms. The summed E-state index contributed by atoms with van der Waals surface area (Å²) in [4.78, 5) is 12.0. The molecule has 0 unspecified atom stereocenters. The van der Waals surface area contributed by atoms with Crippen molar-refractivity contribution in [2.45, 2.75) is 26.9 Å². The largest absolute Gasteiger partial charge is 0.496 e. The highest BCUT2D eigenvalue weighted by Gasteiger charge is 2.07. The first-order valence-corrected chi connectivity index (χ1v) is 6.04. The minimum atomic E-state index is 0.0149. The molecular weight excluding hydrogens is 228 g/mol. The average molecular weight is 246 g/mol. The molecule has 0 saturated heterocycles. The average Bonchev–Trinajstić information content (AvgIpc) is 2.71. The van der Waals surface area contributed by atoms with Gasteiger partial charge < -0.3 is 4.74 Å². The van der Waals surface area contributed by atoms with E-state index in [1.807, 2.05) is 38.4 Å². The monoisotopic (exact) mass is 246 g/mol. The zero-order chi connectivity index (χ0) is 13.1. The summed E-state index contributed by atoms with van der Waals surface area (Å²) in [5.74, 6) is 0.816. The molecule has 0 aliphatic heterocycles. The number of aryl methyl sites for hydroxylation is 2. The third-order valence-electron chi connectivity index (χ3n) is 3.04. The summed E-state index contributed by atoms with van der Waals surface area (Å²) >= 11 is 0. The van der Waals surface area contributed by atoms with Crippen molar-refractivity contribution < 1.29 is 4.74 Å². The van der Waals surface area contributed by atoms with Crippen molar-refractivity contribution in [3.8, 4) is 5.75 Å². The minimum Gasteiger partial charge on any atom is -0.496 e. The smallest absolute Gasteiger partial charge is 0.328 e. The Morgan fingerprint density at radius 2 is 1.94 bits per heavy atom. The Labute approximate surface area is 106 Å². The molecular formula is C14H18N2O2. The number of nitrogens with zero attached hydrogens (tertiary/aromatic N) is 2. The standard InChI is InChI=1S/C14H18N2O2/c1-4-15-7-8-16(14(15)17)10-12-9-11(2)5-6-13(12)18-3/h5-9H,4,10H2,1-3H3. The molecule has 0 fully saturated rings. The summed E-state index contributed by atoms with van der Waals surface area (Å²) in [7, 11) is 1.65. The summed E-state index contributed by atoms with van der Waals surface area (Å²) in [5, 5.41) is 0. The van der Waals surface area contributed by atoms with Crippen LogP contribution in [0.15, 0.2) is 35.4 Å². The van der Waals surface area contributed by atoms with Gasteiger partial charge in [0.2, 0.25) is 0 Å². The third-order valence-corrected chi connectivity index (χ3v) is 3.04. The maximum atomic E-state index is 12.0. The second-order valence-electron chi connectivity index (χ2n) is 4.31. The van der Waals surface area contributed by atoms with Crippen molar-refractivity contribution in [3.63, 3.8) is 0 Å². The minimum absolute atomic E-state index is 0.0149. The summed E-state index contributed by atoms with van der Waals surface area (Å²) in [6, 6.07) is 5.99. The fraction of sp³-hybridized carbons (Fsp3) is 0.357. The first-order valence-electron chi connectivity index (χ1n) is 6.04. The van der Waals surface area contributed by atoms with Gasteiger partial charge in [-0.05, 0) is 19.9 Å². The van der Waals surface area contributed by atoms with Crippen molar-refractivity contribution in [1.82, 2.24) is 9.13 Å². The third kappa shape index (κ3) is 2.32. The van der Waals surface area contributed by atoms with E-state index in [1.165, 1.54) is 0 Å². The molecule has 0 atom stereocenters. The number of aromatic nitrogens is 2. The van der Waals surface area contributed by atoms with E-state index in [0.717, 1.165) is 16.9 Å². The van der Waals surface area contributed by atoms with E-state index in [4.69, 9.17) is 4.74 Å². The van der Waals surface area contributed by atoms with Crippen LogP contribution < -0.4 is 10.4 Å². The van der Waals surface area contributed by atoms with Crippen LogP contribution in [0.4, 0.5) is 0 Å². The quantitative estimate of drug-likeness (QED) is 0.827. The van der Waals surface area contributed by atoms with E-state index >= 15 is 0 Å². The fourth-order valence-corrected chi connectivity index (χ4v) is 2.03. The summed E-state index contributed by atoms with van der Waals surface area (Å²) in [6.45, 7) is 5.22. The zero-order valence-corrected chi connectivity index (χ0v) is 11.0. The Hall–Kier alpha value is -1.97. The van der Waals surface area contributed by atoms with Gasteiger partial charge in [0.1, 0.15) is 5.75 Å². The number of imidazole rings is 1. The number of ether oxygens (including phenoxy) is 1. The van der Waals surface area contributed by atoms with Crippen LogP contribution in [0.2, 0.25) is 0 Å². The first kappa shape index (κ1) is 12.5. The fourth-order valence-electron chi connectivity index (χ4n) is 2.03. The highest BCUT2D eigenvalue weighted by atomic mass is 16.5. The Morgan fingerprint density at radius 3 is 2.56 bits per heavy atom. The van der Waals surface area contributed by atoms with Crippen molar-refractivity contribution >= 4 is 0 Å². The molecule has 0 radical (unpaired) electrons. The van der Waals surface area contributed by atoms with Gasteiger partial charge in [-0.15, -0.1) is 0 Å². The van der Waals surface area contributed by atoms with Gasteiger partial charge in [-0.3, -0.25) is 9.13 Å². The van der Waals surface area contributed by atoms with Crippen LogP contribution in [0.5, 0.6) is 5.75 Å². The van der Waals surface area contributed by atoms with Crippen LogP contribution in [0.1, 0.15) is 18.1 Å².